The molecule has 8 heteroatoms. The van der Waals surface area contributed by atoms with E-state index in [1.165, 1.54) is 0 Å². The zero-order valence-corrected chi connectivity index (χ0v) is 13.4. The Balaban J connectivity index is 2.11. The van der Waals surface area contributed by atoms with Crippen molar-refractivity contribution in [3.8, 4) is 0 Å². The first kappa shape index (κ1) is 15.7. The van der Waals surface area contributed by atoms with Crippen LogP contribution in [0.4, 0.5) is 11.6 Å². The van der Waals surface area contributed by atoms with E-state index in [0.29, 0.717) is 41.1 Å². The first-order valence-electron chi connectivity index (χ1n) is 6.48. The Bertz CT molecular complexity index is 579. The van der Waals surface area contributed by atoms with Crippen LogP contribution in [0.15, 0.2) is 6.07 Å². The SMILES string of the molecule is CCNc1nc(NC2CCS(=O)(=O)CC2)c(Cl)cc1Cl. The monoisotopic (exact) mass is 337 g/mol. The maximum Gasteiger partial charge on any atom is 0.150 e. The smallest absolute Gasteiger partial charge is 0.150 e. The highest BCUT2D eigenvalue weighted by molar-refractivity contribution is 7.91. The molecular formula is C12H17Cl2N3O2S. The summed E-state index contributed by atoms with van der Waals surface area (Å²) in [5, 5.41) is 7.16. The Kier molecular flexibility index (Phi) is 4.99. The number of hydrogen-bond acceptors (Lipinski definition) is 5. The van der Waals surface area contributed by atoms with Crippen LogP contribution < -0.4 is 10.6 Å². The molecule has 5 nitrogen and oxygen atoms in total. The largest absolute Gasteiger partial charge is 0.369 e. The summed E-state index contributed by atoms with van der Waals surface area (Å²) in [5.74, 6) is 1.52. The van der Waals surface area contributed by atoms with Gasteiger partial charge < -0.3 is 10.6 Å². The molecule has 0 bridgehead atoms. The molecule has 2 heterocycles. The van der Waals surface area contributed by atoms with Gasteiger partial charge in [0.2, 0.25) is 0 Å². The molecule has 2 rings (SSSR count). The number of rotatable bonds is 4. The summed E-state index contributed by atoms with van der Waals surface area (Å²) in [7, 11) is -2.87. The fraction of sp³-hybridized carbons (Fsp3) is 0.583. The van der Waals surface area contributed by atoms with Crippen molar-refractivity contribution in [2.24, 2.45) is 0 Å². The Morgan fingerprint density at radius 2 is 1.85 bits per heavy atom. The number of nitrogens with zero attached hydrogens (tertiary/aromatic N) is 1. The van der Waals surface area contributed by atoms with Crippen molar-refractivity contribution in [1.29, 1.82) is 0 Å². The van der Waals surface area contributed by atoms with Crippen molar-refractivity contribution in [3.05, 3.63) is 16.1 Å². The average molecular weight is 338 g/mol. The highest BCUT2D eigenvalue weighted by Gasteiger charge is 2.24. The van der Waals surface area contributed by atoms with Gasteiger partial charge in [0, 0.05) is 12.6 Å². The maximum absolute atomic E-state index is 11.4. The Morgan fingerprint density at radius 1 is 1.25 bits per heavy atom. The van der Waals surface area contributed by atoms with Gasteiger partial charge in [0.15, 0.2) is 0 Å². The molecule has 1 saturated heterocycles. The molecule has 1 aromatic heterocycles. The van der Waals surface area contributed by atoms with Crippen molar-refractivity contribution >= 4 is 44.7 Å². The summed E-state index contributed by atoms with van der Waals surface area (Å²) in [4.78, 5) is 4.36. The van der Waals surface area contributed by atoms with Crippen LogP contribution in [0.1, 0.15) is 19.8 Å². The van der Waals surface area contributed by atoms with Crippen LogP contribution in [0.5, 0.6) is 0 Å². The van der Waals surface area contributed by atoms with Crippen LogP contribution in [-0.4, -0.2) is 37.5 Å². The van der Waals surface area contributed by atoms with E-state index in [2.05, 4.69) is 15.6 Å². The molecule has 0 saturated carbocycles. The number of aromatic nitrogens is 1. The predicted octanol–water partition coefficient (Wildman–Crippen LogP) is 2.81. The van der Waals surface area contributed by atoms with E-state index in [-0.39, 0.29) is 17.5 Å². The van der Waals surface area contributed by atoms with Crippen molar-refractivity contribution in [1.82, 2.24) is 4.98 Å². The second kappa shape index (κ2) is 6.37. The third kappa shape index (κ3) is 3.90. The lowest BCUT2D eigenvalue weighted by Gasteiger charge is -2.24. The zero-order valence-electron chi connectivity index (χ0n) is 11.1. The number of anilines is 2. The molecule has 1 aliphatic heterocycles. The Hall–Kier alpha value is -0.720. The molecule has 0 aliphatic carbocycles. The molecule has 0 atom stereocenters. The van der Waals surface area contributed by atoms with Crippen molar-refractivity contribution < 1.29 is 8.42 Å². The standard InChI is InChI=1S/C12H17Cl2N3O2S/c1-2-15-11-9(13)7-10(14)12(17-11)16-8-3-5-20(18,19)6-4-8/h7-8H,2-6H2,1H3,(H2,15,16,17). The summed E-state index contributed by atoms with van der Waals surface area (Å²) >= 11 is 12.2. The molecule has 0 unspecified atom stereocenters. The van der Waals surface area contributed by atoms with Gasteiger partial charge in [-0.1, -0.05) is 23.2 Å². The number of hydrogen-bond donors (Lipinski definition) is 2. The molecule has 0 spiro atoms. The second-order valence-electron chi connectivity index (χ2n) is 4.75. The van der Waals surface area contributed by atoms with Crippen LogP contribution in [0.3, 0.4) is 0 Å². The summed E-state index contributed by atoms with van der Waals surface area (Å²) in [5.41, 5.74) is 0. The Labute approximate surface area is 129 Å². The maximum atomic E-state index is 11.4. The van der Waals surface area contributed by atoms with Gasteiger partial charge >= 0.3 is 0 Å². The van der Waals surface area contributed by atoms with Crippen LogP contribution in [-0.2, 0) is 9.84 Å². The van der Waals surface area contributed by atoms with Crippen molar-refractivity contribution in [2.45, 2.75) is 25.8 Å². The topological polar surface area (TPSA) is 71.1 Å². The molecule has 0 aromatic carbocycles. The van der Waals surface area contributed by atoms with Crippen LogP contribution >= 0.6 is 23.2 Å². The van der Waals surface area contributed by atoms with E-state index in [9.17, 15) is 8.42 Å². The van der Waals surface area contributed by atoms with Gasteiger partial charge in [-0.25, -0.2) is 13.4 Å². The predicted molar refractivity (Wildman–Crippen MR) is 83.7 cm³/mol. The normalized spacial score (nSPS) is 18.8. The van der Waals surface area contributed by atoms with E-state index in [0.717, 1.165) is 0 Å². The van der Waals surface area contributed by atoms with Crippen molar-refractivity contribution in [2.75, 3.05) is 28.7 Å². The minimum absolute atomic E-state index is 0.0687. The van der Waals surface area contributed by atoms with Gasteiger partial charge in [0.05, 0.1) is 21.6 Å². The summed E-state index contributed by atoms with van der Waals surface area (Å²) < 4.78 is 22.8. The number of nitrogens with one attached hydrogen (secondary N) is 2. The minimum Gasteiger partial charge on any atom is -0.369 e. The van der Waals surface area contributed by atoms with Crippen molar-refractivity contribution in [3.63, 3.8) is 0 Å². The van der Waals surface area contributed by atoms with E-state index >= 15 is 0 Å². The molecule has 0 amide bonds. The Morgan fingerprint density at radius 3 is 2.45 bits per heavy atom. The van der Waals surface area contributed by atoms with Gasteiger partial charge in [0.25, 0.3) is 0 Å². The van der Waals surface area contributed by atoms with Crippen LogP contribution in [0.2, 0.25) is 10.0 Å². The van der Waals surface area contributed by atoms with Crippen LogP contribution in [0, 0.1) is 0 Å². The highest BCUT2D eigenvalue weighted by atomic mass is 35.5. The van der Waals surface area contributed by atoms with Gasteiger partial charge in [-0.2, -0.15) is 0 Å². The van der Waals surface area contributed by atoms with E-state index in [1.807, 2.05) is 6.92 Å². The molecule has 1 aliphatic rings. The van der Waals surface area contributed by atoms with Gasteiger partial charge in [0.1, 0.15) is 21.5 Å². The molecule has 1 aromatic rings. The highest BCUT2D eigenvalue weighted by Crippen LogP contribution is 2.30. The van der Waals surface area contributed by atoms with E-state index in [1.54, 1.807) is 6.07 Å². The second-order valence-corrected chi connectivity index (χ2v) is 7.87. The lowest BCUT2D eigenvalue weighted by atomic mass is 10.1. The summed E-state index contributed by atoms with van der Waals surface area (Å²) in [6, 6.07) is 1.70. The molecule has 20 heavy (non-hydrogen) atoms. The van der Waals surface area contributed by atoms with Gasteiger partial charge in [-0.05, 0) is 25.8 Å². The quantitative estimate of drug-likeness (QED) is 0.883. The average Bonchev–Trinajstić information content (AvgIpc) is 2.37. The molecular weight excluding hydrogens is 321 g/mol. The molecule has 0 radical (unpaired) electrons. The van der Waals surface area contributed by atoms with E-state index < -0.39 is 9.84 Å². The first-order chi connectivity index (χ1) is 9.41. The fourth-order valence-corrected chi connectivity index (χ4v) is 4.06. The molecule has 112 valence electrons. The van der Waals surface area contributed by atoms with Gasteiger partial charge in [-0.15, -0.1) is 0 Å². The van der Waals surface area contributed by atoms with E-state index in [4.69, 9.17) is 23.2 Å². The molecule has 2 N–H and O–H groups in total. The van der Waals surface area contributed by atoms with Gasteiger partial charge in [-0.3, -0.25) is 0 Å². The first-order valence-corrected chi connectivity index (χ1v) is 9.06. The lowest BCUT2D eigenvalue weighted by Crippen LogP contribution is -2.32. The fourth-order valence-electron chi connectivity index (χ4n) is 2.09. The third-order valence-electron chi connectivity index (χ3n) is 3.17. The lowest BCUT2D eigenvalue weighted by molar-refractivity contribution is 0.559. The van der Waals surface area contributed by atoms with Crippen LogP contribution in [0.25, 0.3) is 0 Å². The summed E-state index contributed by atoms with van der Waals surface area (Å²) in [6.45, 7) is 2.65. The number of halogens is 2. The third-order valence-corrected chi connectivity index (χ3v) is 5.46. The summed E-state index contributed by atoms with van der Waals surface area (Å²) in [6.07, 6.45) is 1.14. The number of sulfone groups is 1. The zero-order chi connectivity index (χ0) is 14.8. The number of pyridine rings is 1. The minimum atomic E-state index is -2.87. The molecule has 1 fully saturated rings.